The van der Waals surface area contributed by atoms with Crippen molar-refractivity contribution in [3.63, 3.8) is 0 Å². The van der Waals surface area contributed by atoms with Crippen molar-refractivity contribution in [2.45, 2.75) is 33.1 Å². The van der Waals surface area contributed by atoms with Crippen LogP contribution in [0, 0.1) is 28.9 Å². The fourth-order valence-electron chi connectivity index (χ4n) is 2.76. The van der Waals surface area contributed by atoms with Crippen LogP contribution in [0.25, 0.3) is 0 Å². The molecule has 1 N–H and O–H groups in total. The Bertz CT molecular complexity index is 491. The Kier molecular flexibility index (Phi) is 4.30. The summed E-state index contributed by atoms with van der Waals surface area (Å²) in [6.07, 6.45) is 3.85. The maximum Gasteiger partial charge on any atom is 0.288 e. The van der Waals surface area contributed by atoms with Crippen LogP contribution >= 0.6 is 11.6 Å². The Hall–Kier alpha value is -1.29. The summed E-state index contributed by atoms with van der Waals surface area (Å²) < 4.78 is 0. The van der Waals surface area contributed by atoms with E-state index in [4.69, 9.17) is 11.6 Å². The second-order valence-electron chi connectivity index (χ2n) is 5.42. The summed E-state index contributed by atoms with van der Waals surface area (Å²) in [5.74, 6) is 1.44. The van der Waals surface area contributed by atoms with Crippen molar-refractivity contribution in [3.05, 3.63) is 32.8 Å². The van der Waals surface area contributed by atoms with Crippen LogP contribution in [0.4, 0.5) is 11.4 Å². The van der Waals surface area contributed by atoms with E-state index >= 15 is 0 Å². The van der Waals surface area contributed by atoms with Gasteiger partial charge in [-0.2, -0.15) is 0 Å². The van der Waals surface area contributed by atoms with Crippen molar-refractivity contribution < 1.29 is 4.92 Å². The zero-order valence-electron chi connectivity index (χ0n) is 11.3. The smallest absolute Gasteiger partial charge is 0.288 e. The van der Waals surface area contributed by atoms with E-state index in [2.05, 4.69) is 12.2 Å². The molecular formula is C14H19ClN2O2. The zero-order chi connectivity index (χ0) is 14.0. The van der Waals surface area contributed by atoms with Crippen molar-refractivity contribution in [2.24, 2.45) is 11.8 Å². The topological polar surface area (TPSA) is 55.2 Å². The lowest BCUT2D eigenvalue weighted by Crippen LogP contribution is -2.17. The molecule has 0 heterocycles. The largest absolute Gasteiger partial charge is 0.384 e. The molecule has 0 bridgehead atoms. The molecule has 0 saturated heterocycles. The van der Waals surface area contributed by atoms with Crippen LogP contribution in [-0.4, -0.2) is 11.5 Å². The number of rotatable bonds is 4. The van der Waals surface area contributed by atoms with Crippen LogP contribution in [0.2, 0.25) is 5.02 Å². The number of nitrogens with zero attached hydrogens (tertiary/aromatic N) is 1. The van der Waals surface area contributed by atoms with E-state index in [9.17, 15) is 10.1 Å². The van der Waals surface area contributed by atoms with Crippen molar-refractivity contribution in [3.8, 4) is 0 Å². The predicted molar refractivity (Wildman–Crippen MR) is 77.8 cm³/mol. The average Bonchev–Trinajstić information content (AvgIpc) is 2.75. The molecule has 0 amide bonds. The van der Waals surface area contributed by atoms with Crippen molar-refractivity contribution in [1.29, 1.82) is 0 Å². The Morgan fingerprint density at radius 3 is 2.79 bits per heavy atom. The van der Waals surface area contributed by atoms with Gasteiger partial charge in [-0.05, 0) is 36.8 Å². The number of benzene rings is 1. The third-order valence-electron chi connectivity index (χ3n) is 4.08. The molecule has 4 nitrogen and oxygen atoms in total. The molecule has 0 spiro atoms. The monoisotopic (exact) mass is 282 g/mol. The molecule has 104 valence electrons. The summed E-state index contributed by atoms with van der Waals surface area (Å²) in [5.41, 5.74) is 1.73. The minimum Gasteiger partial charge on any atom is -0.384 e. The highest BCUT2D eigenvalue weighted by Gasteiger charge is 2.23. The highest BCUT2D eigenvalue weighted by Crippen LogP contribution is 2.33. The molecule has 1 aromatic carbocycles. The molecule has 1 saturated carbocycles. The molecule has 5 heteroatoms. The molecule has 2 atom stereocenters. The Morgan fingerprint density at radius 1 is 1.47 bits per heavy atom. The van der Waals surface area contributed by atoms with Gasteiger partial charge in [0.25, 0.3) is 5.69 Å². The van der Waals surface area contributed by atoms with Gasteiger partial charge in [0.15, 0.2) is 0 Å². The maximum atomic E-state index is 10.8. The summed E-state index contributed by atoms with van der Waals surface area (Å²) in [6, 6.07) is 3.19. The van der Waals surface area contributed by atoms with E-state index in [0.717, 1.165) is 23.7 Å². The second kappa shape index (κ2) is 5.78. The van der Waals surface area contributed by atoms with Gasteiger partial charge in [0.05, 0.1) is 4.92 Å². The quantitative estimate of drug-likeness (QED) is 0.657. The maximum absolute atomic E-state index is 10.8. The van der Waals surface area contributed by atoms with Crippen LogP contribution < -0.4 is 5.32 Å². The molecule has 19 heavy (non-hydrogen) atoms. The zero-order valence-corrected chi connectivity index (χ0v) is 12.0. The number of anilines is 1. The lowest BCUT2D eigenvalue weighted by atomic mass is 9.98. The first-order chi connectivity index (χ1) is 8.99. The van der Waals surface area contributed by atoms with Gasteiger partial charge in [-0.25, -0.2) is 0 Å². The molecule has 2 unspecified atom stereocenters. The summed E-state index contributed by atoms with van der Waals surface area (Å²) >= 11 is 5.94. The van der Waals surface area contributed by atoms with Gasteiger partial charge in [-0.1, -0.05) is 31.4 Å². The predicted octanol–water partition coefficient (Wildman–Crippen LogP) is 4.40. The number of hydrogen-bond donors (Lipinski definition) is 1. The molecule has 1 fully saturated rings. The third kappa shape index (κ3) is 3.18. The average molecular weight is 283 g/mol. The first-order valence-corrected chi connectivity index (χ1v) is 7.05. The normalized spacial score (nSPS) is 22.5. The Morgan fingerprint density at radius 2 is 2.21 bits per heavy atom. The summed E-state index contributed by atoms with van der Waals surface area (Å²) in [4.78, 5) is 10.3. The molecule has 1 aromatic rings. The van der Waals surface area contributed by atoms with Gasteiger partial charge in [0.1, 0.15) is 5.02 Å². The van der Waals surface area contributed by atoms with E-state index in [1.165, 1.54) is 25.3 Å². The SMILES string of the molecule is Cc1cc([N+](=O)[O-])c(Cl)cc1NCC1CCCC1C. The minimum absolute atomic E-state index is 0.0287. The van der Waals surface area contributed by atoms with Gasteiger partial charge in [-0.15, -0.1) is 0 Å². The molecule has 0 aromatic heterocycles. The molecule has 2 rings (SSSR count). The fraction of sp³-hybridized carbons (Fsp3) is 0.571. The Balaban J connectivity index is 2.08. The minimum atomic E-state index is -0.446. The van der Waals surface area contributed by atoms with Crippen molar-refractivity contribution in [2.75, 3.05) is 11.9 Å². The van der Waals surface area contributed by atoms with Crippen LogP contribution in [0.5, 0.6) is 0 Å². The highest BCUT2D eigenvalue weighted by molar-refractivity contribution is 6.33. The van der Waals surface area contributed by atoms with Crippen LogP contribution in [-0.2, 0) is 0 Å². The number of nitro groups is 1. The summed E-state index contributed by atoms with van der Waals surface area (Å²) in [7, 11) is 0. The third-order valence-corrected chi connectivity index (χ3v) is 4.39. The molecule has 0 aliphatic heterocycles. The first-order valence-electron chi connectivity index (χ1n) is 6.67. The standard InChI is InChI=1S/C14H19ClN2O2/c1-9-4-3-5-11(9)8-16-13-7-12(15)14(17(18)19)6-10(13)2/h6-7,9,11,16H,3-5,8H2,1-2H3. The van der Waals surface area contributed by atoms with E-state index in [0.29, 0.717) is 5.92 Å². The summed E-state index contributed by atoms with van der Waals surface area (Å²) in [6.45, 7) is 5.06. The van der Waals surface area contributed by atoms with Gasteiger partial charge in [0.2, 0.25) is 0 Å². The van der Waals surface area contributed by atoms with E-state index < -0.39 is 4.92 Å². The number of nitro benzene ring substituents is 1. The van der Waals surface area contributed by atoms with Gasteiger partial charge in [-0.3, -0.25) is 10.1 Å². The van der Waals surface area contributed by atoms with Crippen LogP contribution in [0.1, 0.15) is 31.7 Å². The van der Waals surface area contributed by atoms with Gasteiger partial charge in [0, 0.05) is 18.3 Å². The first kappa shape index (κ1) is 14.1. The van der Waals surface area contributed by atoms with Crippen LogP contribution in [0.15, 0.2) is 12.1 Å². The lowest BCUT2D eigenvalue weighted by molar-refractivity contribution is -0.384. The Labute approximate surface area is 118 Å². The van der Waals surface area contributed by atoms with E-state index in [1.807, 2.05) is 6.92 Å². The van der Waals surface area contributed by atoms with Crippen LogP contribution in [0.3, 0.4) is 0 Å². The van der Waals surface area contributed by atoms with E-state index in [-0.39, 0.29) is 10.7 Å². The molecule has 1 aliphatic rings. The lowest BCUT2D eigenvalue weighted by Gasteiger charge is -2.18. The fourth-order valence-corrected chi connectivity index (χ4v) is 3.00. The number of hydrogen-bond acceptors (Lipinski definition) is 3. The van der Waals surface area contributed by atoms with Crippen molar-refractivity contribution >= 4 is 23.0 Å². The van der Waals surface area contributed by atoms with Crippen molar-refractivity contribution in [1.82, 2.24) is 0 Å². The van der Waals surface area contributed by atoms with E-state index in [1.54, 1.807) is 6.07 Å². The molecule has 0 radical (unpaired) electrons. The van der Waals surface area contributed by atoms with Gasteiger partial charge < -0.3 is 5.32 Å². The molecular weight excluding hydrogens is 264 g/mol. The van der Waals surface area contributed by atoms with Gasteiger partial charge >= 0.3 is 0 Å². The number of nitrogens with one attached hydrogen (secondary N) is 1. The molecule has 1 aliphatic carbocycles. The number of halogens is 1. The summed E-state index contributed by atoms with van der Waals surface area (Å²) in [5, 5.41) is 14.4. The second-order valence-corrected chi connectivity index (χ2v) is 5.83. The highest BCUT2D eigenvalue weighted by atomic mass is 35.5. The number of aryl methyl sites for hydroxylation is 1.